The number of hydrogen-bond donors (Lipinski definition) is 3. The minimum absolute atomic E-state index is 0.0579. The van der Waals surface area contributed by atoms with E-state index in [9.17, 15) is 20.1 Å². The molecule has 2 aromatic rings. The largest absolute Gasteiger partial charge is 0.507 e. The standard InChI is InChI=1S/C30H36O5/c1-17(2)7-10-20-13-22(14-21(29(20)33)11-8-18(3)4)26-16-25(32)28-27(35-26)15-24(31)23(30(28)34)12-9-19(5)6/h7-9,13-15,26,31,33-34H,10-12,16H2,1-6H3/t26-/m1/s1. The van der Waals surface area contributed by atoms with E-state index in [1.165, 1.54) is 6.07 Å². The molecule has 1 heterocycles. The zero-order valence-corrected chi connectivity index (χ0v) is 21.5. The van der Waals surface area contributed by atoms with Gasteiger partial charge in [-0.1, -0.05) is 34.9 Å². The summed E-state index contributed by atoms with van der Waals surface area (Å²) in [6.45, 7) is 11.9. The molecule has 0 spiro atoms. The molecule has 0 unspecified atom stereocenters. The summed E-state index contributed by atoms with van der Waals surface area (Å²) >= 11 is 0. The van der Waals surface area contributed by atoms with Crippen LogP contribution >= 0.6 is 0 Å². The lowest BCUT2D eigenvalue weighted by Gasteiger charge is -2.28. The van der Waals surface area contributed by atoms with E-state index in [1.54, 1.807) is 0 Å². The highest BCUT2D eigenvalue weighted by molar-refractivity contribution is 6.03. The van der Waals surface area contributed by atoms with Crippen LogP contribution in [0.3, 0.4) is 0 Å². The maximum Gasteiger partial charge on any atom is 0.174 e. The lowest BCUT2D eigenvalue weighted by atomic mass is 9.90. The number of fused-ring (bicyclic) bond motifs is 1. The van der Waals surface area contributed by atoms with E-state index in [4.69, 9.17) is 4.74 Å². The molecule has 1 atom stereocenters. The van der Waals surface area contributed by atoms with Gasteiger partial charge in [0.1, 0.15) is 34.7 Å². The van der Waals surface area contributed by atoms with Gasteiger partial charge in [-0.25, -0.2) is 0 Å². The average molecular weight is 477 g/mol. The summed E-state index contributed by atoms with van der Waals surface area (Å²) < 4.78 is 6.16. The number of carbonyl (C=O) groups is 1. The third-order valence-electron chi connectivity index (χ3n) is 6.10. The number of ketones is 1. The number of benzene rings is 2. The molecular formula is C30H36O5. The minimum atomic E-state index is -0.589. The van der Waals surface area contributed by atoms with Gasteiger partial charge in [-0.3, -0.25) is 4.79 Å². The van der Waals surface area contributed by atoms with E-state index in [0.29, 0.717) is 24.8 Å². The predicted molar refractivity (Wildman–Crippen MR) is 140 cm³/mol. The second-order valence-electron chi connectivity index (χ2n) is 9.97. The summed E-state index contributed by atoms with van der Waals surface area (Å²) in [6, 6.07) is 5.18. The molecule has 0 amide bonds. The molecule has 3 rings (SSSR count). The van der Waals surface area contributed by atoms with Crippen molar-refractivity contribution in [1.82, 2.24) is 0 Å². The lowest BCUT2D eigenvalue weighted by molar-refractivity contribution is 0.0844. The molecule has 0 aromatic heterocycles. The Morgan fingerprint density at radius 1 is 0.829 bits per heavy atom. The molecule has 0 fully saturated rings. The molecule has 3 N–H and O–H groups in total. The smallest absolute Gasteiger partial charge is 0.174 e. The van der Waals surface area contributed by atoms with E-state index >= 15 is 0 Å². The van der Waals surface area contributed by atoms with Gasteiger partial charge in [0.05, 0.1) is 6.42 Å². The summed E-state index contributed by atoms with van der Waals surface area (Å²) in [7, 11) is 0. The van der Waals surface area contributed by atoms with Gasteiger partial charge in [-0.2, -0.15) is 0 Å². The van der Waals surface area contributed by atoms with E-state index in [0.717, 1.165) is 33.4 Å². The van der Waals surface area contributed by atoms with Crippen molar-refractivity contribution < 1.29 is 24.9 Å². The van der Waals surface area contributed by atoms with Crippen molar-refractivity contribution in [2.24, 2.45) is 0 Å². The Morgan fingerprint density at radius 3 is 1.86 bits per heavy atom. The second kappa shape index (κ2) is 10.9. The van der Waals surface area contributed by atoms with Crippen molar-refractivity contribution in [3.05, 3.63) is 81.0 Å². The van der Waals surface area contributed by atoms with Crippen LogP contribution in [0.2, 0.25) is 0 Å². The first-order valence-corrected chi connectivity index (χ1v) is 12.0. The number of carbonyl (C=O) groups excluding carboxylic acids is 1. The lowest BCUT2D eigenvalue weighted by Crippen LogP contribution is -2.21. The first kappa shape index (κ1) is 26.1. The molecule has 0 saturated heterocycles. The number of rotatable bonds is 7. The van der Waals surface area contributed by atoms with Crippen LogP contribution in [0.1, 0.15) is 86.7 Å². The molecule has 0 bridgehead atoms. The van der Waals surface area contributed by atoms with Crippen molar-refractivity contribution in [3.8, 4) is 23.0 Å². The monoisotopic (exact) mass is 476 g/mol. The van der Waals surface area contributed by atoms with Gasteiger partial charge < -0.3 is 20.1 Å². The molecule has 1 aliphatic heterocycles. The quantitative estimate of drug-likeness (QED) is 0.373. The van der Waals surface area contributed by atoms with Gasteiger partial charge in [-0.05, 0) is 89.6 Å². The highest BCUT2D eigenvalue weighted by Crippen LogP contribution is 2.45. The topological polar surface area (TPSA) is 87.0 Å². The van der Waals surface area contributed by atoms with Crippen LogP contribution in [-0.2, 0) is 19.3 Å². The molecule has 35 heavy (non-hydrogen) atoms. The maximum atomic E-state index is 13.2. The number of allylic oxidation sites excluding steroid dienone is 6. The minimum Gasteiger partial charge on any atom is -0.507 e. The first-order valence-electron chi connectivity index (χ1n) is 12.0. The van der Waals surface area contributed by atoms with Crippen molar-refractivity contribution in [2.45, 2.75) is 73.3 Å². The van der Waals surface area contributed by atoms with Crippen molar-refractivity contribution in [3.63, 3.8) is 0 Å². The van der Waals surface area contributed by atoms with E-state index < -0.39 is 6.10 Å². The molecule has 0 aliphatic carbocycles. The Labute approximate surface area is 208 Å². The molecule has 2 aromatic carbocycles. The van der Waals surface area contributed by atoms with Gasteiger partial charge in [0.25, 0.3) is 0 Å². The molecule has 186 valence electrons. The van der Waals surface area contributed by atoms with Crippen LogP contribution in [0.15, 0.2) is 53.1 Å². The van der Waals surface area contributed by atoms with Crippen LogP contribution in [-0.4, -0.2) is 21.1 Å². The van der Waals surface area contributed by atoms with Crippen molar-refractivity contribution in [2.75, 3.05) is 0 Å². The zero-order valence-electron chi connectivity index (χ0n) is 21.5. The van der Waals surface area contributed by atoms with Gasteiger partial charge in [0, 0.05) is 11.6 Å². The second-order valence-corrected chi connectivity index (χ2v) is 9.97. The van der Waals surface area contributed by atoms with Crippen LogP contribution in [0, 0.1) is 0 Å². The van der Waals surface area contributed by atoms with Gasteiger partial charge >= 0.3 is 0 Å². The highest BCUT2D eigenvalue weighted by atomic mass is 16.5. The Hall–Kier alpha value is -3.47. The fourth-order valence-electron chi connectivity index (χ4n) is 4.11. The zero-order chi connectivity index (χ0) is 25.9. The van der Waals surface area contributed by atoms with Crippen molar-refractivity contribution >= 4 is 5.78 Å². The van der Waals surface area contributed by atoms with E-state index in [2.05, 4.69) is 12.2 Å². The third kappa shape index (κ3) is 6.16. The predicted octanol–water partition coefficient (Wildman–Crippen LogP) is 7.04. The van der Waals surface area contributed by atoms with Crippen LogP contribution in [0.4, 0.5) is 0 Å². The Morgan fingerprint density at radius 2 is 1.34 bits per heavy atom. The molecule has 0 saturated carbocycles. The fraction of sp³-hybridized carbons (Fsp3) is 0.367. The van der Waals surface area contributed by atoms with Gasteiger partial charge in [0.2, 0.25) is 0 Å². The Balaban J connectivity index is 2.04. The number of hydrogen-bond acceptors (Lipinski definition) is 5. The molecule has 1 aliphatic rings. The Kier molecular flexibility index (Phi) is 8.11. The van der Waals surface area contributed by atoms with E-state index in [-0.39, 0.29) is 40.8 Å². The normalized spacial score (nSPS) is 14.6. The summed E-state index contributed by atoms with van der Waals surface area (Å²) in [5.41, 5.74) is 6.09. The van der Waals surface area contributed by atoms with E-state index in [1.807, 2.05) is 59.8 Å². The number of Topliss-reactive ketones (excluding diaryl/α,β-unsaturated/α-hetero) is 1. The SMILES string of the molecule is CC(C)=CCc1cc([C@H]2CC(=O)c3c(cc(O)c(CC=C(C)C)c3O)O2)cc(CC=C(C)C)c1O. The highest BCUT2D eigenvalue weighted by Gasteiger charge is 2.33. The summed E-state index contributed by atoms with van der Waals surface area (Å²) in [4.78, 5) is 13.2. The third-order valence-corrected chi connectivity index (χ3v) is 6.10. The summed E-state index contributed by atoms with van der Waals surface area (Å²) in [5.74, 6) is -0.138. The van der Waals surface area contributed by atoms with Gasteiger partial charge in [0.15, 0.2) is 5.78 Å². The molecule has 5 heteroatoms. The van der Waals surface area contributed by atoms with Crippen LogP contribution in [0.25, 0.3) is 0 Å². The summed E-state index contributed by atoms with van der Waals surface area (Å²) in [6.07, 6.45) is 6.91. The maximum absolute atomic E-state index is 13.2. The number of ether oxygens (including phenoxy) is 1. The fourth-order valence-corrected chi connectivity index (χ4v) is 4.11. The molecule has 0 radical (unpaired) electrons. The molecule has 5 nitrogen and oxygen atoms in total. The van der Waals surface area contributed by atoms with Crippen LogP contribution in [0.5, 0.6) is 23.0 Å². The number of phenolic OH excluding ortho intramolecular Hbond substituents is 3. The Bertz CT molecular complexity index is 1180. The number of aromatic hydroxyl groups is 3. The molecular weight excluding hydrogens is 440 g/mol. The summed E-state index contributed by atoms with van der Waals surface area (Å²) in [5, 5.41) is 32.2. The van der Waals surface area contributed by atoms with Crippen LogP contribution < -0.4 is 4.74 Å². The average Bonchev–Trinajstić information content (AvgIpc) is 2.76. The number of phenols is 3. The van der Waals surface area contributed by atoms with Crippen molar-refractivity contribution in [1.29, 1.82) is 0 Å². The first-order chi connectivity index (χ1) is 16.5. The van der Waals surface area contributed by atoms with Gasteiger partial charge in [-0.15, -0.1) is 0 Å².